The first-order valence-corrected chi connectivity index (χ1v) is 10.3. The van der Waals surface area contributed by atoms with Crippen LogP contribution in [0.1, 0.15) is 43.3 Å². The third-order valence-electron chi connectivity index (χ3n) is 6.14. The van der Waals surface area contributed by atoms with Crippen LogP contribution in [0.3, 0.4) is 0 Å². The standard InChI is InChI=1S/C26H27N3/c1-15-21(13-26(4,5)6)17(3)29-22-12-19-10-8-7-9-18(19)11-20(22)24-23(25(15)29)16(2)27-14-28-24/h7-12,14H,13H2,1-6H3. The molecule has 2 aromatic carbocycles. The summed E-state index contributed by atoms with van der Waals surface area (Å²) < 4.78 is 2.46. The van der Waals surface area contributed by atoms with Crippen molar-refractivity contribution in [3.63, 3.8) is 0 Å². The summed E-state index contributed by atoms with van der Waals surface area (Å²) >= 11 is 0. The Labute approximate surface area is 171 Å². The summed E-state index contributed by atoms with van der Waals surface area (Å²) in [5, 5.41) is 4.87. The van der Waals surface area contributed by atoms with Gasteiger partial charge in [0.1, 0.15) is 6.33 Å². The average Bonchev–Trinajstić information content (AvgIpc) is 2.91. The van der Waals surface area contributed by atoms with Crippen molar-refractivity contribution in [2.75, 3.05) is 0 Å². The van der Waals surface area contributed by atoms with Crippen LogP contribution in [0.5, 0.6) is 0 Å². The van der Waals surface area contributed by atoms with Crippen molar-refractivity contribution in [3.8, 4) is 0 Å². The van der Waals surface area contributed by atoms with Crippen molar-refractivity contribution >= 4 is 38.1 Å². The Hall–Kier alpha value is -2.94. The van der Waals surface area contributed by atoms with Gasteiger partial charge in [0.15, 0.2) is 0 Å². The molecule has 0 amide bonds. The molecule has 0 saturated heterocycles. The molecule has 0 spiro atoms. The predicted molar refractivity (Wildman–Crippen MR) is 123 cm³/mol. The Morgan fingerprint density at radius 3 is 2.31 bits per heavy atom. The molecule has 0 aliphatic carbocycles. The third-order valence-corrected chi connectivity index (χ3v) is 6.14. The Bertz CT molecular complexity index is 1430. The minimum absolute atomic E-state index is 0.226. The molecule has 0 bridgehead atoms. The van der Waals surface area contributed by atoms with E-state index in [1.165, 1.54) is 49.4 Å². The first kappa shape index (κ1) is 18.1. The van der Waals surface area contributed by atoms with Gasteiger partial charge in [-0.15, -0.1) is 0 Å². The van der Waals surface area contributed by atoms with Gasteiger partial charge in [-0.2, -0.15) is 0 Å². The topological polar surface area (TPSA) is 30.2 Å². The van der Waals surface area contributed by atoms with Gasteiger partial charge in [-0.05, 0) is 66.6 Å². The van der Waals surface area contributed by atoms with Crippen molar-refractivity contribution in [2.45, 2.75) is 48.0 Å². The van der Waals surface area contributed by atoms with E-state index >= 15 is 0 Å². The van der Waals surface area contributed by atoms with E-state index in [1.807, 2.05) is 0 Å². The number of rotatable bonds is 1. The Morgan fingerprint density at radius 2 is 1.62 bits per heavy atom. The van der Waals surface area contributed by atoms with E-state index in [-0.39, 0.29) is 5.41 Å². The zero-order valence-electron chi connectivity index (χ0n) is 18.1. The van der Waals surface area contributed by atoms with E-state index < -0.39 is 0 Å². The summed E-state index contributed by atoms with van der Waals surface area (Å²) in [7, 11) is 0. The Kier molecular flexibility index (Phi) is 3.76. The van der Waals surface area contributed by atoms with E-state index in [2.05, 4.69) is 87.3 Å². The molecule has 0 saturated carbocycles. The van der Waals surface area contributed by atoms with Crippen LogP contribution >= 0.6 is 0 Å². The van der Waals surface area contributed by atoms with E-state index in [0.717, 1.165) is 17.6 Å². The van der Waals surface area contributed by atoms with Gasteiger partial charge < -0.3 is 4.40 Å². The maximum Gasteiger partial charge on any atom is 0.116 e. The van der Waals surface area contributed by atoms with E-state index in [9.17, 15) is 0 Å². The summed E-state index contributed by atoms with van der Waals surface area (Å²) in [6, 6.07) is 13.2. The summed E-state index contributed by atoms with van der Waals surface area (Å²) in [6.07, 6.45) is 2.75. The average molecular weight is 382 g/mol. The highest BCUT2D eigenvalue weighted by atomic mass is 14.9. The van der Waals surface area contributed by atoms with Gasteiger partial charge in [0.2, 0.25) is 0 Å². The largest absolute Gasteiger partial charge is 0.312 e. The molecule has 5 rings (SSSR count). The lowest BCUT2D eigenvalue weighted by atomic mass is 9.86. The molecule has 3 nitrogen and oxygen atoms in total. The second-order valence-electron chi connectivity index (χ2n) is 9.51. The SMILES string of the molecule is Cc1ncnc2c3cc4ccccc4cc3n3c(C)c(CC(C)(C)C)c(C)c3c12. The molecule has 0 atom stereocenters. The second-order valence-corrected chi connectivity index (χ2v) is 9.51. The van der Waals surface area contributed by atoms with Crippen LogP contribution in [0, 0.1) is 26.2 Å². The minimum atomic E-state index is 0.226. The molecule has 3 aromatic heterocycles. The van der Waals surface area contributed by atoms with E-state index in [1.54, 1.807) is 6.33 Å². The smallest absolute Gasteiger partial charge is 0.116 e. The summed E-state index contributed by atoms with van der Waals surface area (Å²) in [4.78, 5) is 9.31. The molecule has 5 aromatic rings. The molecule has 0 aliphatic rings. The fourth-order valence-electron chi connectivity index (χ4n) is 4.84. The maximum atomic E-state index is 4.76. The van der Waals surface area contributed by atoms with Gasteiger partial charge in [0, 0.05) is 16.5 Å². The van der Waals surface area contributed by atoms with Crippen LogP contribution in [0.4, 0.5) is 0 Å². The van der Waals surface area contributed by atoms with Gasteiger partial charge in [-0.1, -0.05) is 45.0 Å². The van der Waals surface area contributed by atoms with Crippen LogP contribution in [0.25, 0.3) is 38.1 Å². The maximum absolute atomic E-state index is 4.76. The highest BCUT2D eigenvalue weighted by Gasteiger charge is 2.23. The molecule has 0 radical (unpaired) electrons. The van der Waals surface area contributed by atoms with Gasteiger partial charge in [0.05, 0.1) is 22.2 Å². The zero-order chi connectivity index (χ0) is 20.5. The number of nitrogens with zero attached hydrogens (tertiary/aromatic N) is 3. The van der Waals surface area contributed by atoms with Gasteiger partial charge in [0.25, 0.3) is 0 Å². The van der Waals surface area contributed by atoms with Crippen molar-refractivity contribution in [3.05, 3.63) is 65.2 Å². The number of benzene rings is 2. The molecule has 29 heavy (non-hydrogen) atoms. The summed E-state index contributed by atoms with van der Waals surface area (Å²) in [5.74, 6) is 0. The van der Waals surface area contributed by atoms with E-state index in [0.29, 0.717) is 0 Å². The Balaban J connectivity index is 2.08. The lowest BCUT2D eigenvalue weighted by molar-refractivity contribution is 0.409. The lowest BCUT2D eigenvalue weighted by Gasteiger charge is -2.18. The molecule has 3 heteroatoms. The molecule has 0 aliphatic heterocycles. The zero-order valence-corrected chi connectivity index (χ0v) is 18.1. The fourth-order valence-corrected chi connectivity index (χ4v) is 4.84. The summed E-state index contributed by atoms with van der Waals surface area (Å²) in [5.41, 5.74) is 8.94. The highest BCUT2D eigenvalue weighted by Crippen LogP contribution is 2.38. The van der Waals surface area contributed by atoms with Crippen molar-refractivity contribution in [1.82, 2.24) is 14.4 Å². The van der Waals surface area contributed by atoms with Crippen LogP contribution in [0.15, 0.2) is 42.7 Å². The molecular weight excluding hydrogens is 354 g/mol. The lowest BCUT2D eigenvalue weighted by Crippen LogP contribution is -2.10. The first-order chi connectivity index (χ1) is 13.8. The van der Waals surface area contributed by atoms with Gasteiger partial charge in [-0.3, -0.25) is 0 Å². The van der Waals surface area contributed by atoms with Crippen LogP contribution in [-0.2, 0) is 6.42 Å². The second kappa shape index (κ2) is 6.03. The number of hydrogen-bond donors (Lipinski definition) is 0. The fraction of sp³-hybridized carbons (Fsp3) is 0.308. The van der Waals surface area contributed by atoms with Crippen molar-refractivity contribution in [2.24, 2.45) is 5.41 Å². The predicted octanol–water partition coefficient (Wildman–Crippen LogP) is 6.70. The van der Waals surface area contributed by atoms with E-state index in [4.69, 9.17) is 4.98 Å². The molecule has 0 N–H and O–H groups in total. The number of pyridine rings is 1. The number of fused-ring (bicyclic) bond motifs is 7. The van der Waals surface area contributed by atoms with Gasteiger partial charge >= 0.3 is 0 Å². The molecule has 146 valence electrons. The monoisotopic (exact) mass is 381 g/mol. The number of aromatic nitrogens is 3. The third kappa shape index (κ3) is 2.64. The van der Waals surface area contributed by atoms with Crippen molar-refractivity contribution in [1.29, 1.82) is 0 Å². The Morgan fingerprint density at radius 1 is 0.931 bits per heavy atom. The first-order valence-electron chi connectivity index (χ1n) is 10.3. The quantitative estimate of drug-likeness (QED) is 0.239. The normalized spacial score (nSPS) is 12.6. The van der Waals surface area contributed by atoms with Crippen LogP contribution < -0.4 is 0 Å². The molecule has 0 fully saturated rings. The number of hydrogen-bond acceptors (Lipinski definition) is 2. The van der Waals surface area contributed by atoms with Crippen molar-refractivity contribution < 1.29 is 0 Å². The number of aryl methyl sites for hydroxylation is 3. The summed E-state index contributed by atoms with van der Waals surface area (Å²) in [6.45, 7) is 13.6. The minimum Gasteiger partial charge on any atom is -0.312 e. The van der Waals surface area contributed by atoms with Gasteiger partial charge in [-0.25, -0.2) is 9.97 Å². The highest BCUT2D eigenvalue weighted by molar-refractivity contribution is 6.15. The molecule has 3 heterocycles. The molecular formula is C26H27N3. The van der Waals surface area contributed by atoms with Crippen LogP contribution in [0.2, 0.25) is 0 Å². The van der Waals surface area contributed by atoms with Crippen LogP contribution in [-0.4, -0.2) is 14.4 Å². The molecule has 0 unspecified atom stereocenters.